The zero-order valence-electron chi connectivity index (χ0n) is 9.32. The second kappa shape index (κ2) is 5.92. The van der Waals surface area contributed by atoms with E-state index < -0.39 is 7.14 Å². The highest BCUT2D eigenvalue weighted by Crippen LogP contribution is 2.45. The number of rotatable bonds is 3. The van der Waals surface area contributed by atoms with Crippen molar-refractivity contribution in [2.24, 2.45) is 0 Å². The molecule has 0 N–H and O–H groups in total. The fourth-order valence-electron chi connectivity index (χ4n) is 1.69. The van der Waals surface area contributed by atoms with Gasteiger partial charge in [0.15, 0.2) is 7.14 Å². The van der Waals surface area contributed by atoms with Gasteiger partial charge in [0.25, 0.3) is 0 Å². The van der Waals surface area contributed by atoms with Crippen molar-refractivity contribution in [1.82, 2.24) is 0 Å². The van der Waals surface area contributed by atoms with E-state index in [1.54, 1.807) is 0 Å². The Morgan fingerprint density at radius 3 is 1.72 bits per heavy atom. The standard InChI is InChI=1S/C13H10Br2ClOP/c14-10-3-1-5-12(7-10)18(17,9-16)13-6-2-4-11(15)8-13/h1-8H,9H2. The van der Waals surface area contributed by atoms with Crippen LogP contribution in [0.4, 0.5) is 0 Å². The summed E-state index contributed by atoms with van der Waals surface area (Å²) in [7, 11) is -2.75. The topological polar surface area (TPSA) is 17.1 Å². The van der Waals surface area contributed by atoms with Crippen LogP contribution in [0, 0.1) is 0 Å². The van der Waals surface area contributed by atoms with E-state index in [1.165, 1.54) is 0 Å². The van der Waals surface area contributed by atoms with E-state index in [-0.39, 0.29) is 5.62 Å². The molecule has 0 fully saturated rings. The minimum atomic E-state index is -2.75. The van der Waals surface area contributed by atoms with Gasteiger partial charge in [-0.25, -0.2) is 0 Å². The first-order chi connectivity index (χ1) is 8.56. The fraction of sp³-hybridized carbons (Fsp3) is 0.0769. The number of benzene rings is 2. The Morgan fingerprint density at radius 2 is 1.39 bits per heavy atom. The molecule has 0 aliphatic heterocycles. The van der Waals surface area contributed by atoms with Crippen LogP contribution in [0.1, 0.15) is 0 Å². The van der Waals surface area contributed by atoms with Gasteiger partial charge in [0, 0.05) is 19.6 Å². The molecule has 5 heteroatoms. The van der Waals surface area contributed by atoms with E-state index in [0.717, 1.165) is 19.6 Å². The predicted octanol–water partition coefficient (Wildman–Crippen LogP) is 4.72. The summed E-state index contributed by atoms with van der Waals surface area (Å²) in [4.78, 5) is 0. The van der Waals surface area contributed by atoms with Gasteiger partial charge < -0.3 is 4.57 Å². The molecule has 0 bridgehead atoms. The third kappa shape index (κ3) is 2.91. The van der Waals surface area contributed by atoms with Gasteiger partial charge in [-0.05, 0) is 24.3 Å². The van der Waals surface area contributed by atoms with Crippen LogP contribution in [-0.4, -0.2) is 5.62 Å². The normalized spacial score (nSPS) is 11.5. The summed E-state index contributed by atoms with van der Waals surface area (Å²) in [5.74, 6) is 0. The Kier molecular flexibility index (Phi) is 4.71. The molecule has 0 atom stereocenters. The molecular formula is C13H10Br2ClOP. The molecule has 2 aromatic carbocycles. The molecule has 0 saturated carbocycles. The van der Waals surface area contributed by atoms with Crippen molar-refractivity contribution in [3.05, 3.63) is 57.5 Å². The average Bonchev–Trinajstić information content (AvgIpc) is 2.38. The second-order valence-electron chi connectivity index (χ2n) is 3.82. The van der Waals surface area contributed by atoms with Crippen molar-refractivity contribution in [1.29, 1.82) is 0 Å². The Hall–Kier alpha value is -0.0800. The Labute approximate surface area is 128 Å². The summed E-state index contributed by atoms with van der Waals surface area (Å²) < 4.78 is 14.9. The summed E-state index contributed by atoms with van der Waals surface area (Å²) in [6, 6.07) is 15.0. The number of alkyl halides is 1. The van der Waals surface area contributed by atoms with Crippen LogP contribution < -0.4 is 10.6 Å². The number of halogens is 3. The first-order valence-electron chi connectivity index (χ1n) is 5.23. The van der Waals surface area contributed by atoms with Crippen molar-refractivity contribution in [2.75, 3.05) is 5.62 Å². The van der Waals surface area contributed by atoms with E-state index in [2.05, 4.69) is 31.9 Å². The third-order valence-corrected chi connectivity index (χ3v) is 7.18. The van der Waals surface area contributed by atoms with E-state index in [0.29, 0.717) is 0 Å². The van der Waals surface area contributed by atoms with E-state index in [1.807, 2.05) is 48.5 Å². The molecule has 0 amide bonds. The summed E-state index contributed by atoms with van der Waals surface area (Å²) in [5, 5.41) is 1.54. The highest BCUT2D eigenvalue weighted by molar-refractivity contribution is 9.10. The summed E-state index contributed by atoms with van der Waals surface area (Å²) >= 11 is 12.8. The monoisotopic (exact) mass is 406 g/mol. The minimum Gasteiger partial charge on any atom is -0.312 e. The number of hydrogen-bond donors (Lipinski definition) is 0. The molecule has 18 heavy (non-hydrogen) atoms. The quantitative estimate of drug-likeness (QED) is 0.531. The smallest absolute Gasteiger partial charge is 0.157 e. The van der Waals surface area contributed by atoms with Crippen LogP contribution in [0.15, 0.2) is 57.5 Å². The highest BCUT2D eigenvalue weighted by atomic mass is 79.9. The molecule has 0 spiro atoms. The molecular weight excluding hydrogens is 398 g/mol. The predicted molar refractivity (Wildman–Crippen MR) is 85.9 cm³/mol. The molecule has 0 aromatic heterocycles. The first kappa shape index (κ1) is 14.3. The van der Waals surface area contributed by atoms with Gasteiger partial charge in [0.2, 0.25) is 0 Å². The minimum absolute atomic E-state index is 0.0971. The molecule has 0 aliphatic carbocycles. The van der Waals surface area contributed by atoms with Gasteiger partial charge in [-0.2, -0.15) is 0 Å². The van der Waals surface area contributed by atoms with Crippen molar-refractivity contribution < 1.29 is 4.57 Å². The second-order valence-corrected chi connectivity index (χ2v) is 9.12. The van der Waals surface area contributed by atoms with Crippen molar-refractivity contribution in [3.8, 4) is 0 Å². The fourth-order valence-corrected chi connectivity index (χ4v) is 5.59. The third-order valence-electron chi connectivity index (χ3n) is 2.62. The van der Waals surface area contributed by atoms with Crippen LogP contribution in [0.5, 0.6) is 0 Å². The van der Waals surface area contributed by atoms with Gasteiger partial charge in [-0.3, -0.25) is 0 Å². The molecule has 0 aliphatic rings. The molecule has 0 unspecified atom stereocenters. The molecule has 0 heterocycles. The number of hydrogen-bond acceptors (Lipinski definition) is 1. The van der Waals surface area contributed by atoms with Gasteiger partial charge >= 0.3 is 0 Å². The first-order valence-corrected chi connectivity index (χ1v) is 9.25. The maximum Gasteiger partial charge on any atom is 0.157 e. The Bertz CT molecular complexity index is 566. The summed E-state index contributed by atoms with van der Waals surface area (Å²) in [6.45, 7) is 0. The molecule has 2 aromatic rings. The lowest BCUT2D eigenvalue weighted by molar-refractivity contribution is 0.589. The zero-order chi connectivity index (χ0) is 13.2. The van der Waals surface area contributed by atoms with Gasteiger partial charge in [-0.15, -0.1) is 11.6 Å². The van der Waals surface area contributed by atoms with Crippen LogP contribution >= 0.6 is 50.6 Å². The van der Waals surface area contributed by atoms with Crippen molar-refractivity contribution >= 4 is 61.2 Å². The van der Waals surface area contributed by atoms with E-state index >= 15 is 0 Å². The van der Waals surface area contributed by atoms with E-state index in [4.69, 9.17) is 11.6 Å². The highest BCUT2D eigenvalue weighted by Gasteiger charge is 2.26. The van der Waals surface area contributed by atoms with Crippen LogP contribution in [0.2, 0.25) is 0 Å². The molecule has 0 saturated heterocycles. The largest absolute Gasteiger partial charge is 0.312 e. The van der Waals surface area contributed by atoms with Crippen LogP contribution in [0.25, 0.3) is 0 Å². The van der Waals surface area contributed by atoms with E-state index in [9.17, 15) is 4.57 Å². The lowest BCUT2D eigenvalue weighted by Gasteiger charge is -2.16. The molecule has 2 rings (SSSR count). The Morgan fingerprint density at radius 1 is 0.944 bits per heavy atom. The van der Waals surface area contributed by atoms with Crippen LogP contribution in [0.3, 0.4) is 0 Å². The van der Waals surface area contributed by atoms with Gasteiger partial charge in [0.05, 0.1) is 5.62 Å². The van der Waals surface area contributed by atoms with Crippen LogP contribution in [-0.2, 0) is 4.57 Å². The lowest BCUT2D eigenvalue weighted by Crippen LogP contribution is -2.17. The van der Waals surface area contributed by atoms with Crippen molar-refractivity contribution in [2.45, 2.75) is 0 Å². The zero-order valence-corrected chi connectivity index (χ0v) is 14.1. The average molecular weight is 408 g/mol. The molecule has 1 nitrogen and oxygen atoms in total. The SMILES string of the molecule is O=P(CCl)(c1cccc(Br)c1)c1cccc(Br)c1. The van der Waals surface area contributed by atoms with Gasteiger partial charge in [-0.1, -0.05) is 56.1 Å². The molecule has 94 valence electrons. The maximum absolute atomic E-state index is 13.1. The van der Waals surface area contributed by atoms with Gasteiger partial charge in [0.1, 0.15) is 0 Å². The Balaban J connectivity index is 2.59. The summed E-state index contributed by atoms with van der Waals surface area (Å²) in [5.41, 5.74) is 0.0971. The summed E-state index contributed by atoms with van der Waals surface area (Å²) in [6.07, 6.45) is 0. The lowest BCUT2D eigenvalue weighted by atomic mass is 10.4. The van der Waals surface area contributed by atoms with Crippen molar-refractivity contribution in [3.63, 3.8) is 0 Å². The maximum atomic E-state index is 13.1. The molecule has 0 radical (unpaired) electrons.